The molecule has 1 saturated heterocycles. The standard InChI is InChI=1S/C20H22O7/c1-25-17-8-11(3-5-15(17)21)7-13-14(10-27-20(13)24)19(23)12-4-6-16(22)18(9-12)26-2/h3-6,8-9,13-14,19,21-23H,7,10H2,1-2H3/t13-,14+,19?/m0/s1. The van der Waals surface area contributed by atoms with E-state index < -0.39 is 17.9 Å². The van der Waals surface area contributed by atoms with Gasteiger partial charge in [-0.2, -0.15) is 0 Å². The van der Waals surface area contributed by atoms with E-state index in [1.807, 2.05) is 0 Å². The van der Waals surface area contributed by atoms with Crippen LogP contribution in [0.3, 0.4) is 0 Å². The van der Waals surface area contributed by atoms with Crippen LogP contribution < -0.4 is 9.47 Å². The summed E-state index contributed by atoms with van der Waals surface area (Å²) in [6, 6.07) is 9.44. The van der Waals surface area contributed by atoms with Gasteiger partial charge in [-0.1, -0.05) is 12.1 Å². The highest BCUT2D eigenvalue weighted by molar-refractivity contribution is 5.75. The Labute approximate surface area is 156 Å². The Kier molecular flexibility index (Phi) is 5.41. The van der Waals surface area contributed by atoms with Crippen molar-refractivity contribution in [1.29, 1.82) is 0 Å². The molecule has 1 aliphatic heterocycles. The number of rotatable bonds is 6. The van der Waals surface area contributed by atoms with Crippen molar-refractivity contribution in [1.82, 2.24) is 0 Å². The van der Waals surface area contributed by atoms with E-state index in [0.29, 0.717) is 17.7 Å². The molecule has 1 unspecified atom stereocenters. The summed E-state index contributed by atoms with van der Waals surface area (Å²) < 4.78 is 15.4. The summed E-state index contributed by atoms with van der Waals surface area (Å²) in [5.74, 6) is -0.823. The van der Waals surface area contributed by atoms with Crippen molar-refractivity contribution in [3.05, 3.63) is 47.5 Å². The number of ether oxygens (including phenoxy) is 3. The van der Waals surface area contributed by atoms with Crippen LogP contribution in [0.5, 0.6) is 23.0 Å². The Morgan fingerprint density at radius 3 is 2.37 bits per heavy atom. The number of aliphatic hydroxyl groups is 1. The lowest BCUT2D eigenvalue weighted by Crippen LogP contribution is -2.24. The van der Waals surface area contributed by atoms with Crippen molar-refractivity contribution in [3.8, 4) is 23.0 Å². The molecule has 0 aromatic heterocycles. The lowest BCUT2D eigenvalue weighted by molar-refractivity contribution is -0.141. The molecular formula is C20H22O7. The first-order valence-electron chi connectivity index (χ1n) is 8.52. The second-order valence-corrected chi connectivity index (χ2v) is 6.49. The van der Waals surface area contributed by atoms with Gasteiger partial charge in [0, 0.05) is 5.92 Å². The molecule has 0 radical (unpaired) electrons. The molecule has 27 heavy (non-hydrogen) atoms. The molecule has 3 atom stereocenters. The first-order chi connectivity index (χ1) is 12.9. The topological polar surface area (TPSA) is 105 Å². The van der Waals surface area contributed by atoms with Gasteiger partial charge in [0.05, 0.1) is 32.8 Å². The zero-order valence-corrected chi connectivity index (χ0v) is 15.1. The van der Waals surface area contributed by atoms with Gasteiger partial charge in [-0.05, 0) is 41.8 Å². The SMILES string of the molecule is COc1cc(C[C@@H]2C(=O)OC[C@H]2C(O)c2ccc(O)c(OC)c2)ccc1O. The highest BCUT2D eigenvalue weighted by Crippen LogP contribution is 2.39. The third-order valence-electron chi connectivity index (χ3n) is 4.89. The van der Waals surface area contributed by atoms with Crippen LogP contribution in [0.15, 0.2) is 36.4 Å². The van der Waals surface area contributed by atoms with Gasteiger partial charge in [-0.15, -0.1) is 0 Å². The number of aliphatic hydroxyl groups excluding tert-OH is 1. The Morgan fingerprint density at radius 1 is 1.07 bits per heavy atom. The van der Waals surface area contributed by atoms with Crippen molar-refractivity contribution in [2.24, 2.45) is 11.8 Å². The molecule has 0 saturated carbocycles. The van der Waals surface area contributed by atoms with Gasteiger partial charge in [-0.25, -0.2) is 0 Å². The van der Waals surface area contributed by atoms with Crippen molar-refractivity contribution in [2.75, 3.05) is 20.8 Å². The number of phenolic OH excluding ortho intramolecular Hbond substituents is 2. The summed E-state index contributed by atoms with van der Waals surface area (Å²) in [5.41, 5.74) is 1.32. The fourth-order valence-corrected chi connectivity index (χ4v) is 3.35. The summed E-state index contributed by atoms with van der Waals surface area (Å²) in [6.07, 6.45) is -0.623. The molecule has 0 aliphatic carbocycles. The Balaban J connectivity index is 1.83. The smallest absolute Gasteiger partial charge is 0.309 e. The molecule has 0 spiro atoms. The third kappa shape index (κ3) is 3.78. The number of cyclic esters (lactones) is 1. The molecule has 7 nitrogen and oxygen atoms in total. The Bertz CT molecular complexity index is 833. The Morgan fingerprint density at radius 2 is 1.70 bits per heavy atom. The predicted octanol–water partition coefficient (Wildman–Crippen LogP) is 2.18. The van der Waals surface area contributed by atoms with Gasteiger partial charge in [0.15, 0.2) is 23.0 Å². The van der Waals surface area contributed by atoms with Crippen LogP contribution in [0.25, 0.3) is 0 Å². The van der Waals surface area contributed by atoms with E-state index in [2.05, 4.69) is 0 Å². The third-order valence-corrected chi connectivity index (χ3v) is 4.89. The highest BCUT2D eigenvalue weighted by atomic mass is 16.5. The van der Waals surface area contributed by atoms with Crippen molar-refractivity contribution in [2.45, 2.75) is 12.5 Å². The minimum atomic E-state index is -0.963. The second kappa shape index (κ2) is 7.75. The monoisotopic (exact) mass is 374 g/mol. The summed E-state index contributed by atoms with van der Waals surface area (Å²) in [4.78, 5) is 12.2. The maximum Gasteiger partial charge on any atom is 0.309 e. The first-order valence-corrected chi connectivity index (χ1v) is 8.52. The number of phenols is 2. The predicted molar refractivity (Wildman–Crippen MR) is 95.9 cm³/mol. The first kappa shape index (κ1) is 18.8. The van der Waals surface area contributed by atoms with E-state index in [0.717, 1.165) is 5.56 Å². The van der Waals surface area contributed by atoms with Gasteiger partial charge < -0.3 is 29.5 Å². The summed E-state index contributed by atoms with van der Waals surface area (Å²) in [7, 11) is 2.88. The molecule has 0 amide bonds. The van der Waals surface area contributed by atoms with Crippen molar-refractivity contribution >= 4 is 5.97 Å². The minimum absolute atomic E-state index is 0.0167. The van der Waals surface area contributed by atoms with Crippen LogP contribution in [0.1, 0.15) is 17.2 Å². The molecule has 2 aromatic carbocycles. The van der Waals surface area contributed by atoms with E-state index >= 15 is 0 Å². The fraction of sp³-hybridized carbons (Fsp3) is 0.350. The summed E-state index contributed by atoms with van der Waals surface area (Å²) in [5, 5.41) is 30.3. The van der Waals surface area contributed by atoms with Gasteiger partial charge >= 0.3 is 5.97 Å². The highest BCUT2D eigenvalue weighted by Gasteiger charge is 2.41. The maximum atomic E-state index is 12.2. The maximum absolute atomic E-state index is 12.2. The summed E-state index contributed by atoms with van der Waals surface area (Å²) in [6.45, 7) is 0.100. The molecule has 144 valence electrons. The number of hydrogen-bond acceptors (Lipinski definition) is 7. The van der Waals surface area contributed by atoms with E-state index in [-0.39, 0.29) is 29.8 Å². The molecule has 1 heterocycles. The summed E-state index contributed by atoms with van der Waals surface area (Å²) >= 11 is 0. The molecule has 1 fully saturated rings. The average Bonchev–Trinajstić information content (AvgIpc) is 3.03. The van der Waals surface area contributed by atoms with Crippen LogP contribution >= 0.6 is 0 Å². The van der Waals surface area contributed by atoms with Crippen LogP contribution in [-0.4, -0.2) is 42.1 Å². The van der Waals surface area contributed by atoms with Crippen LogP contribution in [0.2, 0.25) is 0 Å². The van der Waals surface area contributed by atoms with Gasteiger partial charge in [0.25, 0.3) is 0 Å². The van der Waals surface area contributed by atoms with Crippen LogP contribution in [0, 0.1) is 11.8 Å². The quantitative estimate of drug-likeness (QED) is 0.666. The molecule has 3 rings (SSSR count). The van der Waals surface area contributed by atoms with Crippen molar-refractivity contribution in [3.63, 3.8) is 0 Å². The molecule has 1 aliphatic rings. The normalized spacial score (nSPS) is 20.2. The molecule has 0 bridgehead atoms. The van der Waals surface area contributed by atoms with Gasteiger partial charge in [0.2, 0.25) is 0 Å². The second-order valence-electron chi connectivity index (χ2n) is 6.49. The van der Waals surface area contributed by atoms with E-state index in [1.54, 1.807) is 24.3 Å². The van der Waals surface area contributed by atoms with E-state index in [4.69, 9.17) is 14.2 Å². The number of carbonyl (C=O) groups excluding carboxylic acids is 1. The Hall–Kier alpha value is -2.93. The zero-order chi connectivity index (χ0) is 19.6. The number of aromatic hydroxyl groups is 2. The number of esters is 1. The van der Waals surface area contributed by atoms with E-state index in [1.165, 1.54) is 26.4 Å². The van der Waals surface area contributed by atoms with Gasteiger partial charge in [-0.3, -0.25) is 4.79 Å². The van der Waals surface area contributed by atoms with E-state index in [9.17, 15) is 20.1 Å². The van der Waals surface area contributed by atoms with Crippen LogP contribution in [-0.2, 0) is 16.0 Å². The molecule has 7 heteroatoms. The lowest BCUT2D eigenvalue weighted by atomic mass is 9.83. The largest absolute Gasteiger partial charge is 0.504 e. The lowest BCUT2D eigenvalue weighted by Gasteiger charge is -2.22. The number of hydrogen-bond donors (Lipinski definition) is 3. The zero-order valence-electron chi connectivity index (χ0n) is 15.1. The molecule has 3 N–H and O–H groups in total. The van der Waals surface area contributed by atoms with Gasteiger partial charge in [0.1, 0.15) is 0 Å². The number of methoxy groups -OCH3 is 2. The number of carbonyl (C=O) groups is 1. The molecular weight excluding hydrogens is 352 g/mol. The van der Waals surface area contributed by atoms with Crippen molar-refractivity contribution < 1.29 is 34.3 Å². The number of benzene rings is 2. The fourth-order valence-electron chi connectivity index (χ4n) is 3.35. The minimum Gasteiger partial charge on any atom is -0.504 e. The van der Waals surface area contributed by atoms with Crippen LogP contribution in [0.4, 0.5) is 0 Å². The average molecular weight is 374 g/mol. The molecule has 2 aromatic rings.